The van der Waals surface area contributed by atoms with Crippen LogP contribution in [0.5, 0.6) is 0 Å². The predicted octanol–water partition coefficient (Wildman–Crippen LogP) is 0.0214. The monoisotopic (exact) mass is 225 g/mol. The van der Waals surface area contributed by atoms with Gasteiger partial charge in [-0.05, 0) is 6.92 Å². The molecule has 0 aliphatic rings. The molecule has 1 rings (SSSR count). The number of carbonyl (C=O) groups excluding carboxylic acids is 2. The maximum atomic E-state index is 11.6. The summed E-state index contributed by atoms with van der Waals surface area (Å²) in [6, 6.07) is 0. The van der Waals surface area contributed by atoms with E-state index in [1.807, 2.05) is 6.92 Å². The molecule has 0 saturated carbocycles. The van der Waals surface area contributed by atoms with Crippen molar-refractivity contribution in [3.05, 3.63) is 17.7 Å². The van der Waals surface area contributed by atoms with Crippen molar-refractivity contribution >= 4 is 11.9 Å². The number of amides is 1. The number of aromatic nitrogens is 2. The quantitative estimate of drug-likeness (QED) is 0.733. The Hall–Kier alpha value is -1.85. The van der Waals surface area contributed by atoms with E-state index in [0.717, 1.165) is 5.82 Å². The van der Waals surface area contributed by atoms with Crippen LogP contribution in [-0.4, -0.2) is 35.1 Å². The number of nitrogens with one attached hydrogen (secondary N) is 1. The average molecular weight is 225 g/mol. The number of aryl methyl sites for hydroxylation is 1. The lowest BCUT2D eigenvalue weighted by Gasteiger charge is -2.05. The highest BCUT2D eigenvalue weighted by atomic mass is 16.5. The lowest BCUT2D eigenvalue weighted by Crippen LogP contribution is -2.28. The highest BCUT2D eigenvalue weighted by Gasteiger charge is 2.11. The number of rotatable bonds is 4. The molecule has 0 aliphatic carbocycles. The van der Waals surface area contributed by atoms with E-state index in [9.17, 15) is 9.59 Å². The number of hydrogen-bond donors (Lipinski definition) is 1. The highest BCUT2D eigenvalue weighted by molar-refractivity contribution is 5.92. The van der Waals surface area contributed by atoms with Gasteiger partial charge in [-0.25, -0.2) is 4.98 Å². The van der Waals surface area contributed by atoms with Crippen LogP contribution in [-0.2, 0) is 16.6 Å². The molecule has 0 unspecified atom stereocenters. The van der Waals surface area contributed by atoms with E-state index < -0.39 is 0 Å². The molecular formula is C10H15N3O3. The van der Waals surface area contributed by atoms with Gasteiger partial charge >= 0.3 is 5.97 Å². The fourth-order valence-electron chi connectivity index (χ4n) is 1.18. The first-order chi connectivity index (χ1) is 7.56. The lowest BCUT2D eigenvalue weighted by atomic mass is 10.4. The number of methoxy groups -OCH3 is 1. The van der Waals surface area contributed by atoms with Gasteiger partial charge in [-0.15, -0.1) is 0 Å². The molecule has 16 heavy (non-hydrogen) atoms. The molecule has 1 N–H and O–H groups in total. The fraction of sp³-hybridized carbons (Fsp3) is 0.500. The van der Waals surface area contributed by atoms with Gasteiger partial charge in [0.25, 0.3) is 5.91 Å². The Balaban J connectivity index is 2.47. The van der Waals surface area contributed by atoms with E-state index in [4.69, 9.17) is 0 Å². The van der Waals surface area contributed by atoms with Crippen LogP contribution in [0.2, 0.25) is 0 Å². The minimum Gasteiger partial charge on any atom is -0.469 e. The fourth-order valence-corrected chi connectivity index (χ4v) is 1.18. The summed E-state index contributed by atoms with van der Waals surface area (Å²) < 4.78 is 6.15. The first-order valence-electron chi connectivity index (χ1n) is 4.89. The number of carbonyl (C=O) groups is 2. The van der Waals surface area contributed by atoms with Gasteiger partial charge in [0, 0.05) is 13.6 Å². The molecule has 88 valence electrons. The van der Waals surface area contributed by atoms with Crippen molar-refractivity contribution < 1.29 is 14.3 Å². The minimum atomic E-state index is -0.346. The van der Waals surface area contributed by atoms with Crippen LogP contribution in [0.15, 0.2) is 6.20 Å². The van der Waals surface area contributed by atoms with Crippen LogP contribution in [0.3, 0.4) is 0 Å². The molecule has 0 aliphatic heterocycles. The molecule has 6 heteroatoms. The van der Waals surface area contributed by atoms with Crippen molar-refractivity contribution in [2.75, 3.05) is 13.7 Å². The van der Waals surface area contributed by atoms with Crippen molar-refractivity contribution in [3.63, 3.8) is 0 Å². The van der Waals surface area contributed by atoms with E-state index in [-0.39, 0.29) is 24.8 Å². The van der Waals surface area contributed by atoms with E-state index in [0.29, 0.717) is 5.69 Å². The SMILES string of the molecule is COC(=O)CCNC(=O)c1cnc(C)n1C. The summed E-state index contributed by atoms with van der Waals surface area (Å²) in [6.45, 7) is 2.07. The smallest absolute Gasteiger partial charge is 0.307 e. The van der Waals surface area contributed by atoms with Crippen LogP contribution in [0.1, 0.15) is 22.7 Å². The summed E-state index contributed by atoms with van der Waals surface area (Å²) >= 11 is 0. The summed E-state index contributed by atoms with van der Waals surface area (Å²) in [5.41, 5.74) is 0.474. The maximum Gasteiger partial charge on any atom is 0.307 e. The Morgan fingerprint density at radius 1 is 1.56 bits per heavy atom. The summed E-state index contributed by atoms with van der Waals surface area (Å²) in [7, 11) is 3.08. The third-order valence-corrected chi connectivity index (χ3v) is 2.30. The summed E-state index contributed by atoms with van der Waals surface area (Å²) in [5.74, 6) is 0.173. The zero-order valence-corrected chi connectivity index (χ0v) is 9.61. The number of imidazole rings is 1. The summed E-state index contributed by atoms with van der Waals surface area (Å²) in [6.07, 6.45) is 1.67. The van der Waals surface area contributed by atoms with Crippen LogP contribution in [0.4, 0.5) is 0 Å². The molecular weight excluding hydrogens is 210 g/mol. The Morgan fingerprint density at radius 3 is 2.75 bits per heavy atom. The minimum absolute atomic E-state index is 0.166. The Labute approximate surface area is 93.6 Å². The molecule has 6 nitrogen and oxygen atoms in total. The van der Waals surface area contributed by atoms with Crippen molar-refractivity contribution in [2.45, 2.75) is 13.3 Å². The molecule has 0 bridgehead atoms. The van der Waals surface area contributed by atoms with Gasteiger partial charge < -0.3 is 14.6 Å². The Morgan fingerprint density at radius 2 is 2.25 bits per heavy atom. The van der Waals surface area contributed by atoms with Crippen molar-refractivity contribution in [3.8, 4) is 0 Å². The molecule has 1 amide bonds. The first-order valence-corrected chi connectivity index (χ1v) is 4.89. The third kappa shape index (κ3) is 2.82. The molecule has 0 saturated heterocycles. The second-order valence-electron chi connectivity index (χ2n) is 3.33. The second kappa shape index (κ2) is 5.29. The molecule has 0 aromatic carbocycles. The van der Waals surface area contributed by atoms with Gasteiger partial charge in [0.15, 0.2) is 0 Å². The van der Waals surface area contributed by atoms with Crippen LogP contribution in [0, 0.1) is 6.92 Å². The number of nitrogens with zero attached hydrogens (tertiary/aromatic N) is 2. The predicted molar refractivity (Wildman–Crippen MR) is 56.9 cm³/mol. The van der Waals surface area contributed by atoms with Gasteiger partial charge in [0.1, 0.15) is 11.5 Å². The first kappa shape index (κ1) is 12.2. The third-order valence-electron chi connectivity index (χ3n) is 2.30. The van der Waals surface area contributed by atoms with Gasteiger partial charge in [-0.3, -0.25) is 9.59 Å². The summed E-state index contributed by atoms with van der Waals surface area (Å²) in [4.78, 5) is 26.4. The topological polar surface area (TPSA) is 73.2 Å². The highest BCUT2D eigenvalue weighted by Crippen LogP contribution is 2.01. The maximum absolute atomic E-state index is 11.6. The molecule has 0 fully saturated rings. The van der Waals surface area contributed by atoms with Crippen molar-refractivity contribution in [2.24, 2.45) is 7.05 Å². The molecule has 1 aromatic rings. The van der Waals surface area contributed by atoms with E-state index in [1.54, 1.807) is 11.6 Å². The summed E-state index contributed by atoms with van der Waals surface area (Å²) in [5, 5.41) is 2.62. The van der Waals surface area contributed by atoms with Crippen LogP contribution >= 0.6 is 0 Å². The van der Waals surface area contributed by atoms with E-state index in [1.165, 1.54) is 13.3 Å². The van der Waals surface area contributed by atoms with E-state index >= 15 is 0 Å². The van der Waals surface area contributed by atoms with Crippen molar-refractivity contribution in [1.29, 1.82) is 0 Å². The van der Waals surface area contributed by atoms with Gasteiger partial charge in [0.05, 0.1) is 19.7 Å². The number of esters is 1. The van der Waals surface area contributed by atoms with Gasteiger partial charge in [-0.1, -0.05) is 0 Å². The van der Waals surface area contributed by atoms with Crippen molar-refractivity contribution in [1.82, 2.24) is 14.9 Å². The number of ether oxygens (including phenoxy) is 1. The largest absolute Gasteiger partial charge is 0.469 e. The molecule has 1 heterocycles. The molecule has 0 atom stereocenters. The van der Waals surface area contributed by atoms with Crippen LogP contribution in [0.25, 0.3) is 0 Å². The van der Waals surface area contributed by atoms with Gasteiger partial charge in [0.2, 0.25) is 0 Å². The van der Waals surface area contributed by atoms with Gasteiger partial charge in [-0.2, -0.15) is 0 Å². The zero-order valence-electron chi connectivity index (χ0n) is 9.61. The average Bonchev–Trinajstić information content (AvgIpc) is 2.59. The normalized spacial score (nSPS) is 9.94. The Bertz CT molecular complexity index is 398. The van der Waals surface area contributed by atoms with Crippen LogP contribution < -0.4 is 5.32 Å². The second-order valence-corrected chi connectivity index (χ2v) is 3.33. The Kier molecular flexibility index (Phi) is 4.04. The molecule has 0 spiro atoms. The molecule has 1 aromatic heterocycles. The molecule has 0 radical (unpaired) electrons. The van der Waals surface area contributed by atoms with E-state index in [2.05, 4.69) is 15.0 Å². The standard InChI is InChI=1S/C10H15N3O3/c1-7-12-6-8(13(7)2)10(15)11-5-4-9(14)16-3/h6H,4-5H2,1-3H3,(H,11,15). The zero-order chi connectivity index (χ0) is 12.1. The number of hydrogen-bond acceptors (Lipinski definition) is 4. The lowest BCUT2D eigenvalue weighted by molar-refractivity contribution is -0.140.